The fourth-order valence-electron chi connectivity index (χ4n) is 2.21. The van der Waals surface area contributed by atoms with Gasteiger partial charge in [0, 0.05) is 10.9 Å². The van der Waals surface area contributed by atoms with Crippen LogP contribution in [-0.2, 0) is 12.6 Å². The van der Waals surface area contributed by atoms with Gasteiger partial charge in [0.25, 0.3) is 0 Å². The van der Waals surface area contributed by atoms with Crippen molar-refractivity contribution in [2.75, 3.05) is 0 Å². The number of hydrogen-bond donors (Lipinski definition) is 1. The molecule has 0 saturated carbocycles. The predicted molar refractivity (Wildman–Crippen MR) is 79.0 cm³/mol. The van der Waals surface area contributed by atoms with Gasteiger partial charge in [0.2, 0.25) is 0 Å². The van der Waals surface area contributed by atoms with Crippen molar-refractivity contribution >= 4 is 15.9 Å². The number of halogens is 4. The van der Waals surface area contributed by atoms with Crippen LogP contribution in [0, 0.1) is 6.92 Å². The lowest BCUT2D eigenvalue weighted by atomic mass is 9.96. The molecule has 2 rings (SSSR count). The molecule has 5 heteroatoms. The second-order valence-corrected chi connectivity index (χ2v) is 5.73. The Labute approximate surface area is 129 Å². The summed E-state index contributed by atoms with van der Waals surface area (Å²) in [7, 11) is 0. The molecule has 1 atom stereocenters. The molecular weight excluding hydrogens is 345 g/mol. The summed E-state index contributed by atoms with van der Waals surface area (Å²) in [6.45, 7) is 1.58. The minimum Gasteiger partial charge on any atom is -0.388 e. The third-order valence-corrected chi connectivity index (χ3v) is 4.10. The first-order valence-electron chi connectivity index (χ1n) is 6.38. The van der Waals surface area contributed by atoms with Gasteiger partial charge in [0.1, 0.15) is 0 Å². The predicted octanol–water partition coefficient (Wildman–Crippen LogP) is 5.05. The minimum atomic E-state index is -4.36. The van der Waals surface area contributed by atoms with Crippen molar-refractivity contribution in [2.24, 2.45) is 0 Å². The van der Waals surface area contributed by atoms with Crippen molar-refractivity contribution in [3.63, 3.8) is 0 Å². The zero-order valence-corrected chi connectivity index (χ0v) is 12.9. The molecule has 0 aromatic heterocycles. The van der Waals surface area contributed by atoms with Crippen molar-refractivity contribution in [3.05, 3.63) is 69.2 Å². The van der Waals surface area contributed by atoms with Crippen LogP contribution >= 0.6 is 15.9 Å². The average molecular weight is 359 g/mol. The Kier molecular flexibility index (Phi) is 4.74. The van der Waals surface area contributed by atoms with E-state index in [0.29, 0.717) is 17.5 Å². The number of alkyl halides is 3. The van der Waals surface area contributed by atoms with Gasteiger partial charge in [0.15, 0.2) is 0 Å². The first-order valence-corrected chi connectivity index (χ1v) is 7.17. The van der Waals surface area contributed by atoms with E-state index in [4.69, 9.17) is 0 Å². The van der Waals surface area contributed by atoms with Crippen molar-refractivity contribution < 1.29 is 18.3 Å². The van der Waals surface area contributed by atoms with E-state index in [9.17, 15) is 18.3 Å². The standard InChI is InChI=1S/C16H14BrF3O/c1-10-8-12(16(18,19)20)6-7-13(10)15(21)9-11-4-2-3-5-14(11)17/h2-8,15,21H,9H2,1H3. The molecule has 0 radical (unpaired) electrons. The van der Waals surface area contributed by atoms with Crippen LogP contribution in [0.2, 0.25) is 0 Å². The largest absolute Gasteiger partial charge is 0.416 e. The summed E-state index contributed by atoms with van der Waals surface area (Å²) in [5.74, 6) is 0. The topological polar surface area (TPSA) is 20.2 Å². The van der Waals surface area contributed by atoms with E-state index in [-0.39, 0.29) is 0 Å². The van der Waals surface area contributed by atoms with Gasteiger partial charge in [-0.15, -0.1) is 0 Å². The fraction of sp³-hybridized carbons (Fsp3) is 0.250. The summed E-state index contributed by atoms with van der Waals surface area (Å²) in [5, 5.41) is 10.3. The molecule has 2 aromatic rings. The lowest BCUT2D eigenvalue weighted by Gasteiger charge is -2.16. The molecule has 0 fully saturated rings. The van der Waals surface area contributed by atoms with Gasteiger partial charge in [-0.25, -0.2) is 0 Å². The van der Waals surface area contributed by atoms with Crippen LogP contribution in [0.5, 0.6) is 0 Å². The molecule has 0 aliphatic carbocycles. The van der Waals surface area contributed by atoms with Crippen LogP contribution in [0.1, 0.15) is 28.4 Å². The number of rotatable bonds is 3. The van der Waals surface area contributed by atoms with Crippen molar-refractivity contribution in [3.8, 4) is 0 Å². The summed E-state index contributed by atoms with van der Waals surface area (Å²) >= 11 is 3.39. The van der Waals surface area contributed by atoms with Crippen LogP contribution in [0.3, 0.4) is 0 Å². The molecule has 2 aromatic carbocycles. The zero-order chi connectivity index (χ0) is 15.6. The zero-order valence-electron chi connectivity index (χ0n) is 11.3. The SMILES string of the molecule is Cc1cc(C(F)(F)F)ccc1C(O)Cc1ccccc1Br. The molecule has 0 spiro atoms. The van der Waals surface area contributed by atoms with E-state index in [1.54, 1.807) is 6.92 Å². The maximum atomic E-state index is 12.6. The van der Waals surface area contributed by atoms with Gasteiger partial charge in [-0.2, -0.15) is 13.2 Å². The molecule has 112 valence electrons. The lowest BCUT2D eigenvalue weighted by molar-refractivity contribution is -0.137. The molecule has 1 N–H and O–H groups in total. The first-order chi connectivity index (χ1) is 9.79. The Hall–Kier alpha value is -1.33. The number of aliphatic hydroxyl groups is 1. The molecule has 0 bridgehead atoms. The molecule has 1 nitrogen and oxygen atoms in total. The summed E-state index contributed by atoms with van der Waals surface area (Å²) < 4.78 is 38.8. The van der Waals surface area contributed by atoms with E-state index < -0.39 is 17.8 Å². The Bertz CT molecular complexity index is 638. The normalized spacial score (nSPS) is 13.2. The van der Waals surface area contributed by atoms with Crippen LogP contribution in [0.4, 0.5) is 13.2 Å². The summed E-state index contributed by atoms with van der Waals surface area (Å²) in [5.41, 5.74) is 1.16. The van der Waals surface area contributed by atoms with Gasteiger partial charge >= 0.3 is 6.18 Å². The first kappa shape index (κ1) is 16.0. The Morgan fingerprint density at radius 2 is 1.81 bits per heavy atom. The second-order valence-electron chi connectivity index (χ2n) is 4.88. The monoisotopic (exact) mass is 358 g/mol. The molecule has 0 heterocycles. The summed E-state index contributed by atoms with van der Waals surface area (Å²) in [6, 6.07) is 10.9. The smallest absolute Gasteiger partial charge is 0.388 e. The minimum absolute atomic E-state index is 0.341. The molecule has 0 saturated heterocycles. The molecule has 0 amide bonds. The van der Waals surface area contributed by atoms with E-state index in [1.165, 1.54) is 6.07 Å². The highest BCUT2D eigenvalue weighted by Crippen LogP contribution is 2.32. The van der Waals surface area contributed by atoms with Gasteiger partial charge in [-0.3, -0.25) is 0 Å². The Balaban J connectivity index is 2.24. The fourth-order valence-corrected chi connectivity index (χ4v) is 2.65. The number of aryl methyl sites for hydroxylation is 1. The number of benzene rings is 2. The Morgan fingerprint density at radius 1 is 1.14 bits per heavy atom. The average Bonchev–Trinajstić information content (AvgIpc) is 2.40. The molecule has 0 aliphatic rings. The van der Waals surface area contributed by atoms with Gasteiger partial charge in [-0.05, 0) is 41.8 Å². The third-order valence-electron chi connectivity index (χ3n) is 3.33. The van der Waals surface area contributed by atoms with Gasteiger partial charge in [-0.1, -0.05) is 40.2 Å². The van der Waals surface area contributed by atoms with Crippen molar-refractivity contribution in [1.29, 1.82) is 0 Å². The van der Waals surface area contributed by atoms with Gasteiger partial charge < -0.3 is 5.11 Å². The van der Waals surface area contributed by atoms with E-state index in [0.717, 1.165) is 22.2 Å². The highest BCUT2D eigenvalue weighted by atomic mass is 79.9. The number of hydrogen-bond acceptors (Lipinski definition) is 1. The highest BCUT2D eigenvalue weighted by Gasteiger charge is 2.31. The lowest BCUT2D eigenvalue weighted by Crippen LogP contribution is -2.09. The summed E-state index contributed by atoms with van der Waals surface area (Å²) in [4.78, 5) is 0. The van der Waals surface area contributed by atoms with Crippen LogP contribution in [0.25, 0.3) is 0 Å². The maximum absolute atomic E-state index is 12.6. The molecule has 21 heavy (non-hydrogen) atoms. The van der Waals surface area contributed by atoms with E-state index in [2.05, 4.69) is 15.9 Å². The highest BCUT2D eigenvalue weighted by molar-refractivity contribution is 9.10. The van der Waals surface area contributed by atoms with E-state index in [1.807, 2.05) is 24.3 Å². The van der Waals surface area contributed by atoms with Crippen LogP contribution < -0.4 is 0 Å². The second kappa shape index (κ2) is 6.20. The van der Waals surface area contributed by atoms with Crippen molar-refractivity contribution in [2.45, 2.75) is 25.6 Å². The van der Waals surface area contributed by atoms with Crippen LogP contribution in [-0.4, -0.2) is 5.11 Å². The van der Waals surface area contributed by atoms with Crippen molar-refractivity contribution in [1.82, 2.24) is 0 Å². The molecule has 1 unspecified atom stereocenters. The maximum Gasteiger partial charge on any atom is 0.416 e. The molecular formula is C16H14BrF3O. The third kappa shape index (κ3) is 3.86. The molecule has 0 aliphatic heterocycles. The number of aliphatic hydroxyl groups excluding tert-OH is 1. The van der Waals surface area contributed by atoms with E-state index >= 15 is 0 Å². The Morgan fingerprint density at radius 3 is 2.38 bits per heavy atom. The van der Waals surface area contributed by atoms with Crippen LogP contribution in [0.15, 0.2) is 46.9 Å². The quantitative estimate of drug-likeness (QED) is 0.813. The summed E-state index contributed by atoms with van der Waals surface area (Å²) in [6.07, 6.45) is -4.87. The van der Waals surface area contributed by atoms with Gasteiger partial charge in [0.05, 0.1) is 11.7 Å².